The van der Waals surface area contributed by atoms with Crippen LogP contribution in [-0.4, -0.2) is 46.6 Å². The molecule has 0 radical (unpaired) electrons. The highest BCUT2D eigenvalue weighted by Gasteiger charge is 2.29. The van der Waals surface area contributed by atoms with Crippen LogP contribution in [0.1, 0.15) is 6.42 Å². The third-order valence-corrected chi connectivity index (χ3v) is 4.83. The molecule has 3 nitrogen and oxygen atoms in total. The normalized spacial score (nSPS) is 29.2. The standard InChI is InChI=1S/C8H13NO2S2/c10-8(9-2-1-3-11-9)7-6-12-4-5-13-7/h7H,1-6H2. The van der Waals surface area contributed by atoms with Crippen LogP contribution in [0.5, 0.6) is 0 Å². The fourth-order valence-electron chi connectivity index (χ4n) is 1.41. The number of hydrogen-bond donors (Lipinski definition) is 0. The molecule has 0 aromatic heterocycles. The molecule has 2 aliphatic rings. The third-order valence-electron chi connectivity index (χ3n) is 2.09. The van der Waals surface area contributed by atoms with E-state index in [4.69, 9.17) is 4.84 Å². The Morgan fingerprint density at radius 2 is 2.38 bits per heavy atom. The summed E-state index contributed by atoms with van der Waals surface area (Å²) in [5.74, 6) is 3.39. The van der Waals surface area contributed by atoms with Gasteiger partial charge >= 0.3 is 0 Å². The van der Waals surface area contributed by atoms with Gasteiger partial charge < -0.3 is 0 Å². The highest BCUT2D eigenvalue weighted by atomic mass is 32.2. The third kappa shape index (κ3) is 2.33. The second kappa shape index (κ2) is 4.57. The van der Waals surface area contributed by atoms with E-state index in [1.54, 1.807) is 16.8 Å². The molecule has 2 fully saturated rings. The van der Waals surface area contributed by atoms with Crippen molar-refractivity contribution in [2.75, 3.05) is 30.4 Å². The molecular formula is C8H13NO2S2. The van der Waals surface area contributed by atoms with Gasteiger partial charge in [-0.3, -0.25) is 9.63 Å². The van der Waals surface area contributed by atoms with Gasteiger partial charge in [0.25, 0.3) is 5.91 Å². The zero-order chi connectivity index (χ0) is 9.10. The average molecular weight is 219 g/mol. The van der Waals surface area contributed by atoms with Crippen LogP contribution in [0.4, 0.5) is 0 Å². The average Bonchev–Trinajstić information content (AvgIpc) is 2.71. The lowest BCUT2D eigenvalue weighted by atomic mass is 10.4. The Hall–Kier alpha value is 0.130. The van der Waals surface area contributed by atoms with Crippen LogP contribution in [-0.2, 0) is 9.63 Å². The van der Waals surface area contributed by atoms with Gasteiger partial charge in [0.15, 0.2) is 0 Å². The van der Waals surface area contributed by atoms with Crippen LogP contribution >= 0.6 is 23.5 Å². The molecule has 74 valence electrons. The maximum atomic E-state index is 11.8. The lowest BCUT2D eigenvalue weighted by Gasteiger charge is -2.24. The van der Waals surface area contributed by atoms with E-state index in [1.165, 1.54) is 5.75 Å². The summed E-state index contributed by atoms with van der Waals surface area (Å²) in [6.45, 7) is 1.48. The van der Waals surface area contributed by atoms with Crippen molar-refractivity contribution in [2.45, 2.75) is 11.7 Å². The van der Waals surface area contributed by atoms with Gasteiger partial charge in [0.2, 0.25) is 0 Å². The minimum atomic E-state index is 0.136. The minimum absolute atomic E-state index is 0.136. The molecule has 0 aromatic carbocycles. The van der Waals surface area contributed by atoms with Crippen molar-refractivity contribution in [3.05, 3.63) is 0 Å². The number of carbonyl (C=O) groups excluding carboxylic acids is 1. The highest BCUT2D eigenvalue weighted by Crippen LogP contribution is 2.26. The van der Waals surface area contributed by atoms with Gasteiger partial charge in [-0.05, 0) is 6.42 Å². The first-order valence-electron chi connectivity index (χ1n) is 4.51. The highest BCUT2D eigenvalue weighted by molar-refractivity contribution is 8.07. The zero-order valence-corrected chi connectivity index (χ0v) is 9.03. The summed E-state index contributed by atoms with van der Waals surface area (Å²) in [6, 6.07) is 0. The zero-order valence-electron chi connectivity index (χ0n) is 7.40. The van der Waals surface area contributed by atoms with Gasteiger partial charge in [-0.25, -0.2) is 5.06 Å². The Balaban J connectivity index is 1.87. The molecule has 5 heteroatoms. The summed E-state index contributed by atoms with van der Waals surface area (Å²) in [4.78, 5) is 17.0. The molecule has 2 heterocycles. The first-order valence-corrected chi connectivity index (χ1v) is 6.72. The molecule has 2 aliphatic heterocycles. The summed E-state index contributed by atoms with van der Waals surface area (Å²) >= 11 is 3.63. The first kappa shape index (κ1) is 9.68. The Kier molecular flexibility index (Phi) is 3.40. The van der Waals surface area contributed by atoms with Crippen LogP contribution in [0, 0.1) is 0 Å². The topological polar surface area (TPSA) is 29.5 Å². The number of nitrogens with zero attached hydrogens (tertiary/aromatic N) is 1. The lowest BCUT2D eigenvalue weighted by Crippen LogP contribution is -2.37. The molecule has 0 aromatic rings. The van der Waals surface area contributed by atoms with E-state index in [9.17, 15) is 4.79 Å². The number of hydroxylamine groups is 2. The second-order valence-corrected chi connectivity index (χ2v) is 5.52. The second-order valence-electron chi connectivity index (χ2n) is 3.06. The van der Waals surface area contributed by atoms with Crippen molar-refractivity contribution < 1.29 is 9.63 Å². The van der Waals surface area contributed by atoms with E-state index in [0.717, 1.165) is 24.5 Å². The molecule has 0 bridgehead atoms. The monoisotopic (exact) mass is 219 g/mol. The lowest BCUT2D eigenvalue weighted by molar-refractivity contribution is -0.167. The Labute approximate surface area is 86.5 Å². The van der Waals surface area contributed by atoms with E-state index in [0.29, 0.717) is 6.61 Å². The molecule has 2 saturated heterocycles. The number of amides is 1. The summed E-state index contributed by atoms with van der Waals surface area (Å²) in [5, 5.41) is 1.68. The van der Waals surface area contributed by atoms with Gasteiger partial charge in [-0.2, -0.15) is 11.8 Å². The Morgan fingerprint density at radius 1 is 1.46 bits per heavy atom. The molecule has 2 rings (SSSR count). The summed E-state index contributed by atoms with van der Waals surface area (Å²) in [7, 11) is 0. The smallest absolute Gasteiger partial charge is 0.260 e. The van der Waals surface area contributed by atoms with Crippen LogP contribution in [0.3, 0.4) is 0 Å². The van der Waals surface area contributed by atoms with Crippen molar-refractivity contribution in [3.8, 4) is 0 Å². The Morgan fingerprint density at radius 3 is 3.00 bits per heavy atom. The van der Waals surface area contributed by atoms with Crippen LogP contribution in [0.2, 0.25) is 0 Å². The molecule has 0 saturated carbocycles. The summed E-state index contributed by atoms with van der Waals surface area (Å²) in [5.41, 5.74) is 0. The molecule has 0 aliphatic carbocycles. The van der Waals surface area contributed by atoms with Crippen molar-refractivity contribution in [3.63, 3.8) is 0 Å². The fraction of sp³-hybridized carbons (Fsp3) is 0.875. The quantitative estimate of drug-likeness (QED) is 0.658. The largest absolute Gasteiger partial charge is 0.271 e. The first-order chi connectivity index (χ1) is 6.38. The van der Waals surface area contributed by atoms with Gasteiger partial charge in [0.1, 0.15) is 0 Å². The minimum Gasteiger partial charge on any atom is -0.271 e. The molecule has 13 heavy (non-hydrogen) atoms. The van der Waals surface area contributed by atoms with Gasteiger partial charge in [0, 0.05) is 17.3 Å². The van der Waals surface area contributed by atoms with Gasteiger partial charge in [-0.1, -0.05) is 0 Å². The predicted octanol–water partition coefficient (Wildman–Crippen LogP) is 0.999. The van der Waals surface area contributed by atoms with E-state index >= 15 is 0 Å². The number of carbonyl (C=O) groups is 1. The van der Waals surface area contributed by atoms with E-state index < -0.39 is 0 Å². The van der Waals surface area contributed by atoms with Crippen molar-refractivity contribution in [1.29, 1.82) is 0 Å². The predicted molar refractivity (Wildman–Crippen MR) is 55.9 cm³/mol. The van der Waals surface area contributed by atoms with Crippen LogP contribution in [0.15, 0.2) is 0 Å². The van der Waals surface area contributed by atoms with Gasteiger partial charge in [0.05, 0.1) is 18.4 Å². The van der Waals surface area contributed by atoms with Crippen molar-refractivity contribution in [1.82, 2.24) is 5.06 Å². The maximum Gasteiger partial charge on any atom is 0.260 e. The SMILES string of the molecule is O=C(C1CSCCS1)N1CCCO1. The number of thioether (sulfide) groups is 2. The van der Waals surface area contributed by atoms with Gasteiger partial charge in [-0.15, -0.1) is 11.8 Å². The summed E-state index contributed by atoms with van der Waals surface area (Å²) in [6.07, 6.45) is 0.982. The molecular weight excluding hydrogens is 206 g/mol. The van der Waals surface area contributed by atoms with E-state index in [-0.39, 0.29) is 11.2 Å². The Bertz CT molecular complexity index is 189. The van der Waals surface area contributed by atoms with Crippen LogP contribution < -0.4 is 0 Å². The van der Waals surface area contributed by atoms with Crippen LogP contribution in [0.25, 0.3) is 0 Å². The molecule has 1 unspecified atom stereocenters. The van der Waals surface area contributed by atoms with Crippen molar-refractivity contribution in [2.24, 2.45) is 0 Å². The van der Waals surface area contributed by atoms with E-state index in [2.05, 4.69) is 0 Å². The van der Waals surface area contributed by atoms with Crippen molar-refractivity contribution >= 4 is 29.4 Å². The molecule has 0 spiro atoms. The molecule has 1 amide bonds. The number of rotatable bonds is 1. The van der Waals surface area contributed by atoms with E-state index in [1.807, 2.05) is 11.8 Å². The summed E-state index contributed by atoms with van der Waals surface area (Å²) < 4.78 is 0. The molecule has 0 N–H and O–H groups in total. The molecule has 1 atom stereocenters. The number of hydrogen-bond acceptors (Lipinski definition) is 4. The maximum absolute atomic E-state index is 11.8. The fourth-order valence-corrected chi connectivity index (χ4v) is 4.01.